The van der Waals surface area contributed by atoms with Crippen LogP contribution in [0.25, 0.3) is 5.70 Å². The number of carboxylic acid groups (broad SMARTS) is 1. The number of rotatable bonds is 10. The lowest BCUT2D eigenvalue weighted by Gasteiger charge is -2.30. The molecule has 190 valence electrons. The summed E-state index contributed by atoms with van der Waals surface area (Å²) in [6.07, 6.45) is 7.71. The van der Waals surface area contributed by atoms with Crippen LogP contribution in [-0.2, 0) is 16.2 Å². The molecule has 1 fully saturated rings. The molecule has 0 saturated heterocycles. The molecule has 2 N–H and O–H groups in total. The zero-order valence-corrected chi connectivity index (χ0v) is 20.9. The van der Waals surface area contributed by atoms with Crippen LogP contribution in [0, 0.1) is 5.92 Å². The van der Waals surface area contributed by atoms with E-state index in [1.807, 2.05) is 54.6 Å². The Morgan fingerprint density at radius 1 is 1.08 bits per heavy atom. The zero-order chi connectivity index (χ0) is 25.3. The largest absolute Gasteiger partial charge is 0.489 e. The number of carboxylic acids is 1. The molecule has 0 spiro atoms. The number of nitrogens with zero attached hydrogens (tertiary/aromatic N) is 2. The monoisotopic (exact) mass is 489 g/mol. The van der Waals surface area contributed by atoms with E-state index >= 15 is 0 Å². The molecule has 4 rings (SSSR count). The first-order valence-electron chi connectivity index (χ1n) is 12.8. The van der Waals surface area contributed by atoms with Gasteiger partial charge in [0.2, 0.25) is 0 Å². The lowest BCUT2D eigenvalue weighted by atomic mass is 9.84. The second-order valence-electron chi connectivity index (χ2n) is 9.64. The summed E-state index contributed by atoms with van der Waals surface area (Å²) in [4.78, 5) is 24.5. The lowest BCUT2D eigenvalue weighted by Crippen LogP contribution is -2.42. The minimum Gasteiger partial charge on any atom is -0.489 e. The third-order valence-corrected chi connectivity index (χ3v) is 6.82. The molecule has 36 heavy (non-hydrogen) atoms. The van der Waals surface area contributed by atoms with Gasteiger partial charge in [-0.1, -0.05) is 62.4 Å². The predicted molar refractivity (Wildman–Crippen MR) is 140 cm³/mol. The zero-order valence-electron chi connectivity index (χ0n) is 20.9. The average molecular weight is 490 g/mol. The second kappa shape index (κ2) is 12.4. The summed E-state index contributed by atoms with van der Waals surface area (Å²) in [5.41, 5.74) is 3.96. The number of benzene rings is 2. The Balaban J connectivity index is 1.52. The van der Waals surface area contributed by atoms with Gasteiger partial charge >= 0.3 is 5.97 Å². The van der Waals surface area contributed by atoms with Crippen LogP contribution in [0.5, 0.6) is 5.75 Å². The molecule has 0 atom stereocenters. The Morgan fingerprint density at radius 2 is 1.81 bits per heavy atom. The average Bonchev–Trinajstić information content (AvgIpc) is 2.89. The molecule has 1 heterocycles. The quantitative estimate of drug-likeness (QED) is 0.425. The van der Waals surface area contributed by atoms with Crippen LogP contribution in [0.3, 0.4) is 0 Å². The molecule has 2 aliphatic rings. The summed E-state index contributed by atoms with van der Waals surface area (Å²) in [6.45, 7) is 2.33. The van der Waals surface area contributed by atoms with E-state index in [0.717, 1.165) is 29.0 Å². The van der Waals surface area contributed by atoms with Crippen molar-refractivity contribution in [2.75, 3.05) is 6.67 Å². The molecular weight excluding hydrogens is 454 g/mol. The van der Waals surface area contributed by atoms with Gasteiger partial charge in [0, 0.05) is 11.3 Å². The number of carbonyl (C=O) groups excluding carboxylic acids is 1. The molecule has 0 unspecified atom stereocenters. The van der Waals surface area contributed by atoms with Crippen molar-refractivity contribution in [3.63, 3.8) is 0 Å². The Hall–Kier alpha value is -3.61. The standard InChI is InChI=1S/C29H35N3O4/c1-21(18-27(33)34)31-32-20-30-28(26(29(32)35)17-12-22-8-4-2-5-9-22)24-13-15-25(16-14-24)36-19-23-10-6-3-7-11-23/h3,6-7,10-11,13-16,22,30H,2,4-5,8-9,12,17-20H2,1H3,(H,33,34)/b31-21+. The van der Waals surface area contributed by atoms with Gasteiger partial charge in [0.25, 0.3) is 5.91 Å². The highest BCUT2D eigenvalue weighted by Crippen LogP contribution is 2.32. The Labute approximate surface area is 212 Å². The second-order valence-corrected chi connectivity index (χ2v) is 9.64. The lowest BCUT2D eigenvalue weighted by molar-refractivity contribution is -0.135. The van der Waals surface area contributed by atoms with E-state index in [1.54, 1.807) is 6.92 Å². The smallest absolute Gasteiger partial charge is 0.309 e. The molecule has 0 bridgehead atoms. The van der Waals surface area contributed by atoms with E-state index in [1.165, 1.54) is 37.1 Å². The molecule has 7 nitrogen and oxygen atoms in total. The number of nitrogens with one attached hydrogen (secondary N) is 1. The van der Waals surface area contributed by atoms with E-state index in [2.05, 4.69) is 10.4 Å². The summed E-state index contributed by atoms with van der Waals surface area (Å²) in [7, 11) is 0. The molecule has 0 aromatic heterocycles. The first-order chi connectivity index (χ1) is 17.5. The van der Waals surface area contributed by atoms with E-state index in [0.29, 0.717) is 30.2 Å². The van der Waals surface area contributed by atoms with Gasteiger partial charge in [-0.2, -0.15) is 5.10 Å². The normalized spacial score (nSPS) is 17.2. The highest BCUT2D eigenvalue weighted by Gasteiger charge is 2.28. The number of aliphatic carboxylic acids is 1. The van der Waals surface area contributed by atoms with Crippen molar-refractivity contribution in [2.24, 2.45) is 11.0 Å². The third-order valence-electron chi connectivity index (χ3n) is 6.82. The van der Waals surface area contributed by atoms with Gasteiger partial charge in [-0.25, -0.2) is 5.01 Å². The van der Waals surface area contributed by atoms with Crippen molar-refractivity contribution < 1.29 is 19.4 Å². The van der Waals surface area contributed by atoms with Crippen molar-refractivity contribution in [3.8, 4) is 5.75 Å². The number of amides is 1. The van der Waals surface area contributed by atoms with Crippen LogP contribution in [-0.4, -0.2) is 34.4 Å². The first-order valence-corrected chi connectivity index (χ1v) is 12.8. The molecule has 1 aliphatic heterocycles. The van der Waals surface area contributed by atoms with E-state index in [-0.39, 0.29) is 19.0 Å². The summed E-state index contributed by atoms with van der Waals surface area (Å²) in [5, 5.41) is 18.1. The van der Waals surface area contributed by atoms with Crippen LogP contribution in [0.4, 0.5) is 0 Å². The highest BCUT2D eigenvalue weighted by atomic mass is 16.5. The number of hydrazone groups is 1. The van der Waals surface area contributed by atoms with Gasteiger partial charge < -0.3 is 15.2 Å². The van der Waals surface area contributed by atoms with Gasteiger partial charge in [0.1, 0.15) is 19.0 Å². The van der Waals surface area contributed by atoms with Crippen LogP contribution in [0.1, 0.15) is 69.4 Å². The van der Waals surface area contributed by atoms with Gasteiger partial charge in [-0.3, -0.25) is 9.59 Å². The number of hydrogen-bond acceptors (Lipinski definition) is 5. The summed E-state index contributed by atoms with van der Waals surface area (Å²) < 4.78 is 5.92. The Morgan fingerprint density at radius 3 is 2.50 bits per heavy atom. The van der Waals surface area contributed by atoms with Crippen molar-refractivity contribution >= 4 is 23.3 Å². The van der Waals surface area contributed by atoms with Crippen LogP contribution >= 0.6 is 0 Å². The minimum absolute atomic E-state index is 0.159. The minimum atomic E-state index is -0.961. The molecule has 1 amide bonds. The molecule has 1 aliphatic carbocycles. The molecule has 7 heteroatoms. The van der Waals surface area contributed by atoms with Gasteiger partial charge in [-0.15, -0.1) is 0 Å². The van der Waals surface area contributed by atoms with Gasteiger partial charge in [-0.05, 0) is 61.1 Å². The predicted octanol–water partition coefficient (Wildman–Crippen LogP) is 5.58. The van der Waals surface area contributed by atoms with E-state index in [9.17, 15) is 9.59 Å². The molecule has 2 aromatic rings. The maximum Gasteiger partial charge on any atom is 0.309 e. The van der Waals surface area contributed by atoms with E-state index in [4.69, 9.17) is 9.84 Å². The SMILES string of the molecule is C/C(CC(=O)O)=N\N1CNC(c2ccc(OCc3ccccc3)cc2)=C(CCC2CCCCC2)C1=O. The molecule has 2 aromatic carbocycles. The van der Waals surface area contributed by atoms with Gasteiger partial charge in [0.05, 0.1) is 12.1 Å². The van der Waals surface area contributed by atoms with Crippen molar-refractivity contribution in [2.45, 2.75) is 64.9 Å². The maximum atomic E-state index is 13.5. The number of hydrogen-bond donors (Lipinski definition) is 2. The summed E-state index contributed by atoms with van der Waals surface area (Å²) in [5.74, 6) is 0.289. The van der Waals surface area contributed by atoms with Crippen molar-refractivity contribution in [1.29, 1.82) is 0 Å². The molecule has 1 saturated carbocycles. The number of ether oxygens (including phenoxy) is 1. The van der Waals surface area contributed by atoms with Crippen molar-refractivity contribution in [1.82, 2.24) is 10.3 Å². The fourth-order valence-electron chi connectivity index (χ4n) is 4.93. The third kappa shape index (κ3) is 6.97. The first kappa shape index (κ1) is 25.5. The Bertz CT molecular complexity index is 1100. The fraction of sp³-hybridized carbons (Fsp3) is 0.414. The number of carbonyl (C=O) groups is 2. The van der Waals surface area contributed by atoms with Crippen LogP contribution < -0.4 is 10.1 Å². The maximum absolute atomic E-state index is 13.5. The molecule has 0 radical (unpaired) electrons. The summed E-state index contributed by atoms with van der Waals surface area (Å²) in [6, 6.07) is 17.8. The van der Waals surface area contributed by atoms with Crippen LogP contribution in [0.2, 0.25) is 0 Å². The molecular formula is C29H35N3O4. The highest BCUT2D eigenvalue weighted by molar-refractivity contribution is 6.03. The fourth-order valence-corrected chi connectivity index (χ4v) is 4.93. The van der Waals surface area contributed by atoms with Crippen molar-refractivity contribution in [3.05, 3.63) is 71.3 Å². The topological polar surface area (TPSA) is 91.2 Å². The van der Waals surface area contributed by atoms with Crippen LogP contribution in [0.15, 0.2) is 65.3 Å². The Kier molecular flexibility index (Phi) is 8.76. The summed E-state index contributed by atoms with van der Waals surface area (Å²) >= 11 is 0. The van der Waals surface area contributed by atoms with Gasteiger partial charge in [0.15, 0.2) is 0 Å². The van der Waals surface area contributed by atoms with E-state index < -0.39 is 5.97 Å².